The Morgan fingerprint density at radius 2 is 2.00 bits per heavy atom. The molecule has 6 nitrogen and oxygen atoms in total. The van der Waals surface area contributed by atoms with Crippen LogP contribution in [-0.2, 0) is 10.0 Å². The fraction of sp³-hybridized carbons (Fsp3) is 0.500. The number of ether oxygens (including phenoxy) is 1. The predicted octanol–water partition coefficient (Wildman–Crippen LogP) is 1.47. The standard InChI is InChI=1S/C14H22N2O4S/c1-6-10(2)15-14(17)12-9-11(7-8-13(12)20-5)21(18,19)16(3)4/h7-10H,6H2,1-5H3,(H,15,17). The highest BCUT2D eigenvalue weighted by molar-refractivity contribution is 7.89. The summed E-state index contributed by atoms with van der Waals surface area (Å²) in [6.45, 7) is 3.83. The molecule has 0 aliphatic rings. The number of carbonyl (C=O) groups excluding carboxylic acids is 1. The average Bonchev–Trinajstić information content (AvgIpc) is 2.45. The van der Waals surface area contributed by atoms with Crippen molar-refractivity contribution in [2.45, 2.75) is 31.2 Å². The van der Waals surface area contributed by atoms with Gasteiger partial charge in [-0.3, -0.25) is 4.79 Å². The Labute approximate surface area is 126 Å². The molecule has 0 saturated heterocycles. The van der Waals surface area contributed by atoms with Gasteiger partial charge in [-0.15, -0.1) is 0 Å². The summed E-state index contributed by atoms with van der Waals surface area (Å²) in [6.07, 6.45) is 0.781. The van der Waals surface area contributed by atoms with Crippen molar-refractivity contribution in [3.63, 3.8) is 0 Å². The normalized spacial score (nSPS) is 13.0. The van der Waals surface area contributed by atoms with Gasteiger partial charge < -0.3 is 10.1 Å². The molecule has 0 saturated carbocycles. The van der Waals surface area contributed by atoms with E-state index in [2.05, 4.69) is 5.32 Å². The van der Waals surface area contributed by atoms with Crippen LogP contribution in [0.1, 0.15) is 30.6 Å². The number of benzene rings is 1. The van der Waals surface area contributed by atoms with Gasteiger partial charge in [-0.05, 0) is 31.5 Å². The lowest BCUT2D eigenvalue weighted by Crippen LogP contribution is -2.32. The van der Waals surface area contributed by atoms with E-state index in [9.17, 15) is 13.2 Å². The van der Waals surface area contributed by atoms with Crippen LogP contribution in [0.2, 0.25) is 0 Å². The Morgan fingerprint density at radius 3 is 2.48 bits per heavy atom. The number of nitrogens with zero attached hydrogens (tertiary/aromatic N) is 1. The lowest BCUT2D eigenvalue weighted by molar-refractivity contribution is 0.0936. The molecule has 118 valence electrons. The van der Waals surface area contributed by atoms with E-state index in [0.29, 0.717) is 5.75 Å². The van der Waals surface area contributed by atoms with Gasteiger partial charge in [0.05, 0.1) is 17.6 Å². The lowest BCUT2D eigenvalue weighted by Gasteiger charge is -2.16. The van der Waals surface area contributed by atoms with Crippen LogP contribution in [0.5, 0.6) is 5.75 Å². The summed E-state index contributed by atoms with van der Waals surface area (Å²) in [5.41, 5.74) is 0.209. The average molecular weight is 314 g/mol. The Bertz CT molecular complexity index is 611. The fourth-order valence-corrected chi connectivity index (χ4v) is 2.57. The van der Waals surface area contributed by atoms with E-state index in [1.807, 2.05) is 13.8 Å². The van der Waals surface area contributed by atoms with Crippen LogP contribution in [0.25, 0.3) is 0 Å². The zero-order valence-electron chi connectivity index (χ0n) is 13.0. The third-order valence-electron chi connectivity index (χ3n) is 3.18. The summed E-state index contributed by atoms with van der Waals surface area (Å²) in [5, 5.41) is 2.80. The second-order valence-electron chi connectivity index (χ2n) is 4.93. The molecule has 0 aliphatic carbocycles. The molecule has 0 bridgehead atoms. The third kappa shape index (κ3) is 3.95. The molecule has 0 fully saturated rings. The smallest absolute Gasteiger partial charge is 0.255 e. The maximum Gasteiger partial charge on any atom is 0.255 e. The largest absolute Gasteiger partial charge is 0.496 e. The van der Waals surface area contributed by atoms with Gasteiger partial charge in [0.2, 0.25) is 10.0 Å². The topological polar surface area (TPSA) is 75.7 Å². The summed E-state index contributed by atoms with van der Waals surface area (Å²) in [7, 11) is 0.732. The van der Waals surface area contributed by atoms with Crippen molar-refractivity contribution >= 4 is 15.9 Å². The predicted molar refractivity (Wildman–Crippen MR) is 81.1 cm³/mol. The molecule has 1 atom stereocenters. The first-order valence-corrected chi connectivity index (χ1v) is 8.09. The van der Waals surface area contributed by atoms with Crippen LogP contribution in [0.15, 0.2) is 23.1 Å². The highest BCUT2D eigenvalue weighted by atomic mass is 32.2. The van der Waals surface area contributed by atoms with Crippen molar-refractivity contribution < 1.29 is 17.9 Å². The number of hydrogen-bond donors (Lipinski definition) is 1. The third-order valence-corrected chi connectivity index (χ3v) is 5.00. The van der Waals surface area contributed by atoms with E-state index in [4.69, 9.17) is 4.74 Å². The molecule has 1 aromatic rings. The van der Waals surface area contributed by atoms with Crippen molar-refractivity contribution in [1.82, 2.24) is 9.62 Å². The molecule has 0 spiro atoms. The highest BCUT2D eigenvalue weighted by Crippen LogP contribution is 2.24. The molecule has 1 N–H and O–H groups in total. The molecule has 1 unspecified atom stereocenters. The van der Waals surface area contributed by atoms with E-state index < -0.39 is 10.0 Å². The number of rotatable bonds is 6. The Morgan fingerprint density at radius 1 is 1.38 bits per heavy atom. The van der Waals surface area contributed by atoms with Gasteiger partial charge in [-0.1, -0.05) is 6.92 Å². The number of sulfonamides is 1. The van der Waals surface area contributed by atoms with Crippen LogP contribution in [0, 0.1) is 0 Å². The highest BCUT2D eigenvalue weighted by Gasteiger charge is 2.22. The number of hydrogen-bond acceptors (Lipinski definition) is 4. The van der Waals surface area contributed by atoms with Gasteiger partial charge >= 0.3 is 0 Å². The van der Waals surface area contributed by atoms with Crippen LogP contribution in [-0.4, -0.2) is 45.9 Å². The monoisotopic (exact) mass is 314 g/mol. The second kappa shape index (κ2) is 6.91. The second-order valence-corrected chi connectivity index (χ2v) is 7.08. The lowest BCUT2D eigenvalue weighted by atomic mass is 10.1. The molecule has 0 radical (unpaired) electrons. The van der Waals surface area contributed by atoms with E-state index in [0.717, 1.165) is 10.7 Å². The Hall–Kier alpha value is -1.60. The number of methoxy groups -OCH3 is 1. The van der Waals surface area contributed by atoms with Crippen molar-refractivity contribution in [3.8, 4) is 5.75 Å². The maximum absolute atomic E-state index is 12.2. The molecule has 1 aromatic carbocycles. The van der Waals surface area contributed by atoms with Crippen molar-refractivity contribution in [2.24, 2.45) is 0 Å². The Kier molecular flexibility index (Phi) is 5.74. The minimum Gasteiger partial charge on any atom is -0.496 e. The SMILES string of the molecule is CCC(C)NC(=O)c1cc(S(=O)(=O)N(C)C)ccc1OC. The zero-order chi connectivity index (χ0) is 16.2. The first kappa shape index (κ1) is 17.5. The van der Waals surface area contributed by atoms with Gasteiger partial charge in [-0.2, -0.15) is 0 Å². The number of nitrogens with one attached hydrogen (secondary N) is 1. The van der Waals surface area contributed by atoms with Crippen LogP contribution in [0.3, 0.4) is 0 Å². The maximum atomic E-state index is 12.2. The van der Waals surface area contributed by atoms with Gasteiger partial charge in [0.25, 0.3) is 5.91 Å². The first-order chi connectivity index (χ1) is 9.73. The van der Waals surface area contributed by atoms with Crippen molar-refractivity contribution in [3.05, 3.63) is 23.8 Å². The van der Waals surface area contributed by atoms with E-state index in [1.54, 1.807) is 0 Å². The molecule has 1 rings (SSSR count). The first-order valence-electron chi connectivity index (χ1n) is 6.65. The number of carbonyl (C=O) groups is 1. The van der Waals surface area contributed by atoms with Gasteiger partial charge in [0.15, 0.2) is 0 Å². The van der Waals surface area contributed by atoms with Crippen molar-refractivity contribution in [1.29, 1.82) is 0 Å². The summed E-state index contributed by atoms with van der Waals surface area (Å²) in [6, 6.07) is 4.25. The summed E-state index contributed by atoms with van der Waals surface area (Å²) in [4.78, 5) is 12.3. The number of amides is 1. The van der Waals surface area contributed by atoms with Crippen LogP contribution >= 0.6 is 0 Å². The van der Waals surface area contributed by atoms with Gasteiger partial charge in [-0.25, -0.2) is 12.7 Å². The van der Waals surface area contributed by atoms with Gasteiger partial charge in [0, 0.05) is 20.1 Å². The van der Waals surface area contributed by atoms with Crippen LogP contribution in [0.4, 0.5) is 0 Å². The zero-order valence-corrected chi connectivity index (χ0v) is 13.8. The minimum atomic E-state index is -3.59. The molecule has 0 aromatic heterocycles. The van der Waals surface area contributed by atoms with Gasteiger partial charge in [0.1, 0.15) is 5.75 Å². The quantitative estimate of drug-likeness (QED) is 0.863. The molecular weight excluding hydrogens is 292 g/mol. The molecule has 0 aliphatic heterocycles. The Balaban J connectivity index is 3.27. The molecule has 1 amide bonds. The summed E-state index contributed by atoms with van der Waals surface area (Å²) < 4.78 is 30.5. The summed E-state index contributed by atoms with van der Waals surface area (Å²) in [5.74, 6) is -0.00878. The minimum absolute atomic E-state index is 0.00341. The molecular formula is C14H22N2O4S. The van der Waals surface area contributed by atoms with Crippen molar-refractivity contribution in [2.75, 3.05) is 21.2 Å². The molecule has 0 heterocycles. The van der Waals surface area contributed by atoms with E-state index in [1.165, 1.54) is 39.4 Å². The van der Waals surface area contributed by atoms with Crippen LogP contribution < -0.4 is 10.1 Å². The van der Waals surface area contributed by atoms with E-state index >= 15 is 0 Å². The summed E-state index contributed by atoms with van der Waals surface area (Å²) >= 11 is 0. The van der Waals surface area contributed by atoms with E-state index in [-0.39, 0.29) is 22.4 Å². The fourth-order valence-electron chi connectivity index (χ4n) is 1.64. The molecule has 7 heteroatoms. The molecule has 21 heavy (non-hydrogen) atoms.